The van der Waals surface area contributed by atoms with Crippen molar-refractivity contribution in [2.45, 2.75) is 71.1 Å². The van der Waals surface area contributed by atoms with E-state index in [4.69, 9.17) is 14.2 Å². The number of para-hydroxylation sites is 1. The first-order valence-electron chi connectivity index (χ1n) is 12.6. The smallest absolute Gasteiger partial charge is 0.332 e. The van der Waals surface area contributed by atoms with Crippen LogP contribution in [-0.2, 0) is 28.6 Å². The molecule has 10 heteroatoms. The summed E-state index contributed by atoms with van der Waals surface area (Å²) < 4.78 is 16.8. The second kappa shape index (κ2) is 12.7. The van der Waals surface area contributed by atoms with E-state index in [0.29, 0.717) is 38.4 Å². The molecule has 2 aliphatic rings. The summed E-state index contributed by atoms with van der Waals surface area (Å²) in [7, 11) is 0. The lowest BCUT2D eigenvalue weighted by atomic mass is 9.79. The van der Waals surface area contributed by atoms with Crippen LogP contribution in [0.4, 0.5) is 5.69 Å². The van der Waals surface area contributed by atoms with Crippen LogP contribution in [0.3, 0.4) is 0 Å². The van der Waals surface area contributed by atoms with Crippen LogP contribution in [0.25, 0.3) is 0 Å². The normalized spacial score (nSPS) is 26.9. The summed E-state index contributed by atoms with van der Waals surface area (Å²) in [6, 6.07) is 2.97. The van der Waals surface area contributed by atoms with Crippen molar-refractivity contribution in [3.05, 3.63) is 23.8 Å². The third-order valence-corrected chi connectivity index (χ3v) is 7.02. The molecule has 0 aromatic heterocycles. The lowest BCUT2D eigenvalue weighted by molar-refractivity contribution is -0.157. The second-order valence-electron chi connectivity index (χ2n) is 9.59. The Morgan fingerprint density at radius 2 is 1.81 bits per heavy atom. The zero-order chi connectivity index (χ0) is 26.2. The first kappa shape index (κ1) is 27.4. The molecule has 1 aromatic carbocycles. The summed E-state index contributed by atoms with van der Waals surface area (Å²) in [6.07, 6.45) is 2.74. The third kappa shape index (κ3) is 6.54. The number of aromatic hydroxyl groups is 1. The molecule has 2 heterocycles. The summed E-state index contributed by atoms with van der Waals surface area (Å²) in [5.41, 5.74) is -0.108. The van der Waals surface area contributed by atoms with Gasteiger partial charge in [-0.15, -0.1) is 0 Å². The van der Waals surface area contributed by atoms with E-state index < -0.39 is 47.8 Å². The zero-order valence-corrected chi connectivity index (χ0v) is 21.0. The number of nitrogens with one attached hydrogen (secondary N) is 2. The number of carbonyl (C=O) groups excluding carboxylic acids is 4. The summed E-state index contributed by atoms with van der Waals surface area (Å²) in [4.78, 5) is 50.2. The topological polar surface area (TPSA) is 140 Å². The van der Waals surface area contributed by atoms with Crippen LogP contribution in [0.15, 0.2) is 18.2 Å². The van der Waals surface area contributed by atoms with Crippen molar-refractivity contribution in [2.75, 3.05) is 18.5 Å². The molecular weight excluding hydrogens is 468 g/mol. The molecule has 0 aliphatic carbocycles. The number of esters is 2. The van der Waals surface area contributed by atoms with Gasteiger partial charge in [-0.25, -0.2) is 4.79 Å². The first-order valence-corrected chi connectivity index (χ1v) is 12.6. The van der Waals surface area contributed by atoms with Crippen LogP contribution in [0.2, 0.25) is 0 Å². The van der Waals surface area contributed by atoms with Gasteiger partial charge in [0.1, 0.15) is 12.2 Å². The quantitative estimate of drug-likeness (QED) is 0.251. The number of hydrogen-bond donors (Lipinski definition) is 3. The van der Waals surface area contributed by atoms with Gasteiger partial charge in [0.2, 0.25) is 6.41 Å². The van der Waals surface area contributed by atoms with Gasteiger partial charge in [-0.3, -0.25) is 14.4 Å². The van der Waals surface area contributed by atoms with Gasteiger partial charge in [-0.2, -0.15) is 0 Å². The van der Waals surface area contributed by atoms with Gasteiger partial charge in [0.25, 0.3) is 5.91 Å². The number of unbranched alkanes of at least 4 members (excludes halogenated alkanes) is 1. The number of benzene rings is 1. The molecule has 2 amide bonds. The molecule has 10 nitrogen and oxygen atoms in total. The number of phenolic OH excluding ortho intramolecular Hbond substituents is 1. The van der Waals surface area contributed by atoms with E-state index in [2.05, 4.69) is 10.6 Å². The Morgan fingerprint density at radius 1 is 1.08 bits per heavy atom. The maximum Gasteiger partial charge on any atom is 0.332 e. The SMILES string of the molecule is CCCCC1C(=O)OC(C)C(NC(=O)c2cccc(NC=O)c2O)C(=O)OC(C)C1CCC1COC1. The standard InChI is InChI=1S/C26H36N2O8/c1-4-5-7-19-18(11-10-17-12-34-13-17)15(2)35-26(33)22(16(3)36-25(19)32)28-24(31)20-8-6-9-21(23(20)30)27-14-29/h6,8-9,14-19,22,30H,4-5,7,10-13H2,1-3H3,(H,27,29)(H,28,31). The lowest BCUT2D eigenvalue weighted by Crippen LogP contribution is -2.50. The van der Waals surface area contributed by atoms with E-state index in [1.165, 1.54) is 25.1 Å². The predicted molar refractivity (Wildman–Crippen MR) is 130 cm³/mol. The lowest BCUT2D eigenvalue weighted by Gasteiger charge is -2.32. The predicted octanol–water partition coefficient (Wildman–Crippen LogP) is 2.79. The van der Waals surface area contributed by atoms with Crippen LogP contribution in [0, 0.1) is 17.8 Å². The highest BCUT2D eigenvalue weighted by atomic mass is 16.6. The monoisotopic (exact) mass is 504 g/mol. The average Bonchev–Trinajstić information content (AvgIpc) is 2.83. The number of hydrogen-bond acceptors (Lipinski definition) is 8. The van der Waals surface area contributed by atoms with Crippen LogP contribution < -0.4 is 10.6 Å². The van der Waals surface area contributed by atoms with Crippen molar-refractivity contribution in [3.8, 4) is 5.75 Å². The number of cyclic esters (lactones) is 2. The molecule has 2 saturated heterocycles. The van der Waals surface area contributed by atoms with Crippen molar-refractivity contribution < 1.29 is 38.5 Å². The third-order valence-electron chi connectivity index (χ3n) is 7.02. The summed E-state index contributed by atoms with van der Waals surface area (Å²) in [6.45, 7) is 6.76. The number of ether oxygens (including phenoxy) is 3. The minimum Gasteiger partial charge on any atom is -0.505 e. The van der Waals surface area contributed by atoms with Gasteiger partial charge in [0.15, 0.2) is 11.8 Å². The summed E-state index contributed by atoms with van der Waals surface area (Å²) in [5, 5.41) is 15.2. The van der Waals surface area contributed by atoms with Crippen LogP contribution >= 0.6 is 0 Å². The number of anilines is 1. The van der Waals surface area contributed by atoms with Gasteiger partial charge in [0, 0.05) is 11.8 Å². The highest BCUT2D eigenvalue weighted by Gasteiger charge is 2.42. The molecule has 0 bridgehead atoms. The Balaban J connectivity index is 1.81. The Bertz CT molecular complexity index is 948. The molecular formula is C26H36N2O8. The highest BCUT2D eigenvalue weighted by molar-refractivity contribution is 6.01. The molecule has 2 aliphatic heterocycles. The molecule has 3 N–H and O–H groups in total. The van der Waals surface area contributed by atoms with E-state index in [-0.39, 0.29) is 17.2 Å². The number of rotatable bonds is 10. The molecule has 5 unspecified atom stereocenters. The molecule has 0 spiro atoms. The van der Waals surface area contributed by atoms with Crippen molar-refractivity contribution in [3.63, 3.8) is 0 Å². The summed E-state index contributed by atoms with van der Waals surface area (Å²) >= 11 is 0. The maximum absolute atomic E-state index is 13.3. The first-order chi connectivity index (χ1) is 17.3. The Kier molecular flexibility index (Phi) is 9.69. The molecule has 3 rings (SSSR count). The fourth-order valence-electron chi connectivity index (χ4n) is 4.75. The number of amides is 2. The van der Waals surface area contributed by atoms with Gasteiger partial charge < -0.3 is 30.0 Å². The molecule has 1 aromatic rings. The van der Waals surface area contributed by atoms with Crippen LogP contribution in [0.1, 0.15) is 63.2 Å². The average molecular weight is 505 g/mol. The van der Waals surface area contributed by atoms with Crippen molar-refractivity contribution in [2.24, 2.45) is 17.8 Å². The van der Waals surface area contributed by atoms with Crippen molar-refractivity contribution in [1.82, 2.24) is 5.32 Å². The zero-order valence-electron chi connectivity index (χ0n) is 21.0. The second-order valence-corrected chi connectivity index (χ2v) is 9.59. The van der Waals surface area contributed by atoms with E-state index in [9.17, 15) is 24.3 Å². The van der Waals surface area contributed by atoms with Crippen LogP contribution in [-0.4, -0.2) is 60.8 Å². The highest BCUT2D eigenvalue weighted by Crippen LogP contribution is 2.34. The van der Waals surface area contributed by atoms with Crippen molar-refractivity contribution in [1.29, 1.82) is 0 Å². The molecule has 36 heavy (non-hydrogen) atoms. The number of carbonyl (C=O) groups is 4. The minimum atomic E-state index is -1.28. The fourth-order valence-corrected chi connectivity index (χ4v) is 4.75. The van der Waals surface area contributed by atoms with E-state index in [1.807, 2.05) is 6.92 Å². The van der Waals surface area contributed by atoms with E-state index in [1.54, 1.807) is 6.92 Å². The van der Waals surface area contributed by atoms with Gasteiger partial charge in [-0.05, 0) is 45.2 Å². The number of phenols is 1. The minimum absolute atomic E-state index is 0.0428. The van der Waals surface area contributed by atoms with Gasteiger partial charge >= 0.3 is 11.9 Å². The van der Waals surface area contributed by atoms with E-state index >= 15 is 0 Å². The van der Waals surface area contributed by atoms with Gasteiger partial charge in [0.05, 0.1) is 30.4 Å². The molecule has 5 atom stereocenters. The fraction of sp³-hybridized carbons (Fsp3) is 0.615. The molecule has 0 saturated carbocycles. The van der Waals surface area contributed by atoms with Crippen molar-refractivity contribution >= 4 is 29.9 Å². The maximum atomic E-state index is 13.3. The molecule has 0 radical (unpaired) electrons. The largest absolute Gasteiger partial charge is 0.505 e. The van der Waals surface area contributed by atoms with Crippen LogP contribution in [0.5, 0.6) is 5.75 Å². The summed E-state index contributed by atoms with van der Waals surface area (Å²) in [5.74, 6) is -2.56. The molecule has 2 fully saturated rings. The van der Waals surface area contributed by atoms with Gasteiger partial charge in [-0.1, -0.05) is 25.8 Å². The Labute approximate surface area is 211 Å². The van der Waals surface area contributed by atoms with E-state index in [0.717, 1.165) is 19.3 Å². The molecule has 198 valence electrons. The Morgan fingerprint density at radius 3 is 2.44 bits per heavy atom. The Hall–Kier alpha value is -3.14.